The van der Waals surface area contributed by atoms with Crippen LogP contribution < -0.4 is 51.4 Å². The van der Waals surface area contributed by atoms with E-state index in [0.717, 1.165) is 42.0 Å². The molecule has 3 nitrogen and oxygen atoms in total. The molecule has 0 aromatic heterocycles. The molecule has 0 aliphatic carbocycles. The monoisotopic (exact) mass is 610 g/mol. The van der Waals surface area contributed by atoms with Crippen LogP contribution in [-0.4, -0.2) is 13.0 Å². The molecule has 0 N–H and O–H groups in total. The summed E-state index contributed by atoms with van der Waals surface area (Å²) in [5, 5.41) is 2.09. The van der Waals surface area contributed by atoms with Gasteiger partial charge in [0.2, 0.25) is 0 Å². The van der Waals surface area contributed by atoms with Crippen molar-refractivity contribution in [3.63, 3.8) is 0 Å². The Morgan fingerprint density at radius 3 is 1.39 bits per heavy atom. The molecular weight excluding hydrogens is 552 g/mol. The van der Waals surface area contributed by atoms with Gasteiger partial charge >= 0.3 is 51.4 Å². The maximum Gasteiger partial charge on any atom is 1.00 e. The van der Waals surface area contributed by atoms with E-state index < -0.39 is 10.1 Å². The predicted molar refractivity (Wildman–Crippen MR) is 172 cm³/mol. The minimum absolute atomic E-state index is 0. The van der Waals surface area contributed by atoms with Crippen LogP contribution in [0.15, 0.2) is 35.2 Å². The van der Waals surface area contributed by atoms with Gasteiger partial charge < -0.3 is 4.55 Å². The zero-order valence-corrected chi connectivity index (χ0v) is 30.9. The second-order valence-electron chi connectivity index (χ2n) is 12.1. The SMILES string of the molecule is CCCCCCCCCCCCCc1cccc2ccc(S(=O)(=O)[O-])c(CCCCCCCCCCCCC)c12.[K+]. The van der Waals surface area contributed by atoms with Gasteiger partial charge in [0, 0.05) is 0 Å². The fourth-order valence-corrected chi connectivity index (χ4v) is 6.89. The van der Waals surface area contributed by atoms with Crippen molar-refractivity contribution in [1.29, 1.82) is 0 Å². The summed E-state index contributed by atoms with van der Waals surface area (Å²) in [6, 6.07) is 9.65. The molecule has 0 fully saturated rings. The van der Waals surface area contributed by atoms with Crippen LogP contribution >= 0.6 is 0 Å². The Hall–Kier alpha value is 0.246. The van der Waals surface area contributed by atoms with E-state index in [1.54, 1.807) is 6.07 Å². The van der Waals surface area contributed by atoms with Crippen LogP contribution in [0.3, 0.4) is 0 Å². The molecule has 0 aliphatic rings. The number of aryl methyl sites for hydroxylation is 2. The molecule has 0 spiro atoms. The number of fused-ring (bicyclic) bond motifs is 1. The topological polar surface area (TPSA) is 57.2 Å². The maximum atomic E-state index is 12.2. The largest absolute Gasteiger partial charge is 1.00 e. The molecule has 0 unspecified atom stereocenters. The standard InChI is InChI=1S/C36H60O3S.K/c1-3-5-7-9-11-13-15-17-19-21-23-26-32-27-25-28-33-30-31-35(40(37,38)39)34(36(32)33)29-24-22-20-18-16-14-12-10-8-6-4-2;/h25,27-28,30-31H,3-24,26,29H2,1-2H3,(H,37,38,39);/q;+1/p-1. The van der Waals surface area contributed by atoms with Crippen molar-refractivity contribution in [2.75, 3.05) is 0 Å². The van der Waals surface area contributed by atoms with Crippen LogP contribution in [0.1, 0.15) is 166 Å². The van der Waals surface area contributed by atoms with Gasteiger partial charge in [-0.3, -0.25) is 0 Å². The third-order valence-electron chi connectivity index (χ3n) is 8.55. The maximum absolute atomic E-state index is 12.2. The molecule has 0 radical (unpaired) electrons. The van der Waals surface area contributed by atoms with E-state index >= 15 is 0 Å². The van der Waals surface area contributed by atoms with Gasteiger partial charge in [0.05, 0.1) is 4.90 Å². The number of hydrogen-bond donors (Lipinski definition) is 0. The second-order valence-corrected chi connectivity index (χ2v) is 13.4. The Labute approximate surface area is 296 Å². The van der Waals surface area contributed by atoms with E-state index in [2.05, 4.69) is 32.0 Å². The molecule has 0 atom stereocenters. The van der Waals surface area contributed by atoms with Crippen LogP contribution in [0.25, 0.3) is 10.8 Å². The van der Waals surface area contributed by atoms with E-state index in [4.69, 9.17) is 0 Å². The molecule has 0 saturated heterocycles. The van der Waals surface area contributed by atoms with Gasteiger partial charge in [0.15, 0.2) is 0 Å². The van der Waals surface area contributed by atoms with Gasteiger partial charge in [-0.05, 0) is 53.6 Å². The number of benzene rings is 2. The van der Waals surface area contributed by atoms with Crippen LogP contribution in [-0.2, 0) is 23.0 Å². The fourth-order valence-electron chi connectivity index (χ4n) is 6.15. The molecule has 2 aromatic rings. The number of rotatable bonds is 25. The fraction of sp³-hybridized carbons (Fsp3) is 0.722. The summed E-state index contributed by atoms with van der Waals surface area (Å²) in [6.45, 7) is 4.52. The number of unbranched alkanes of at least 4 members (excludes halogenated alkanes) is 20. The molecule has 2 rings (SSSR count). The third kappa shape index (κ3) is 16.8. The van der Waals surface area contributed by atoms with E-state index in [0.29, 0.717) is 6.42 Å². The van der Waals surface area contributed by atoms with Gasteiger partial charge in [-0.15, -0.1) is 0 Å². The molecule has 0 bridgehead atoms. The summed E-state index contributed by atoms with van der Waals surface area (Å²) in [5.74, 6) is 0. The van der Waals surface area contributed by atoms with Crippen molar-refractivity contribution in [1.82, 2.24) is 0 Å². The van der Waals surface area contributed by atoms with E-state index in [-0.39, 0.29) is 56.3 Å². The molecular formula is C36H59KO3S. The molecule has 0 amide bonds. The van der Waals surface area contributed by atoms with Crippen molar-refractivity contribution in [2.24, 2.45) is 0 Å². The summed E-state index contributed by atoms with van der Waals surface area (Å²) in [4.78, 5) is -0.00142. The van der Waals surface area contributed by atoms with E-state index in [1.807, 2.05) is 6.07 Å². The smallest absolute Gasteiger partial charge is 0.744 e. The van der Waals surface area contributed by atoms with Crippen molar-refractivity contribution in [2.45, 2.75) is 173 Å². The summed E-state index contributed by atoms with van der Waals surface area (Å²) in [7, 11) is -4.50. The van der Waals surface area contributed by atoms with Gasteiger partial charge in [-0.2, -0.15) is 0 Å². The van der Waals surface area contributed by atoms with Crippen molar-refractivity contribution in [3.05, 3.63) is 41.5 Å². The minimum Gasteiger partial charge on any atom is -0.744 e. The van der Waals surface area contributed by atoms with Gasteiger partial charge in [-0.1, -0.05) is 167 Å². The van der Waals surface area contributed by atoms with Crippen LogP contribution in [0.4, 0.5) is 0 Å². The zero-order valence-electron chi connectivity index (χ0n) is 27.0. The molecule has 0 saturated carbocycles. The Kier molecular flexibility index (Phi) is 23.5. The van der Waals surface area contributed by atoms with Gasteiger partial charge in [-0.25, -0.2) is 8.42 Å². The average Bonchev–Trinajstić information content (AvgIpc) is 2.94. The zero-order chi connectivity index (χ0) is 28.9. The molecule has 2 aromatic carbocycles. The minimum atomic E-state index is -4.50. The molecule has 0 heterocycles. The first kappa shape index (κ1) is 39.3. The van der Waals surface area contributed by atoms with Crippen molar-refractivity contribution in [3.8, 4) is 0 Å². The first-order valence-electron chi connectivity index (χ1n) is 17.0. The normalized spacial score (nSPS) is 11.7. The van der Waals surface area contributed by atoms with Crippen molar-refractivity contribution < 1.29 is 64.4 Å². The summed E-state index contributed by atoms with van der Waals surface area (Å²) in [5.41, 5.74) is 1.97. The average molecular weight is 611 g/mol. The van der Waals surface area contributed by atoms with Gasteiger partial charge in [0.1, 0.15) is 10.1 Å². The Morgan fingerprint density at radius 2 is 0.951 bits per heavy atom. The van der Waals surface area contributed by atoms with Crippen LogP contribution in [0.2, 0.25) is 0 Å². The second kappa shape index (κ2) is 24.6. The Morgan fingerprint density at radius 1 is 0.537 bits per heavy atom. The molecule has 228 valence electrons. The first-order valence-corrected chi connectivity index (χ1v) is 18.4. The summed E-state index contributed by atoms with van der Waals surface area (Å²) >= 11 is 0. The van der Waals surface area contributed by atoms with E-state index in [9.17, 15) is 13.0 Å². The van der Waals surface area contributed by atoms with Crippen LogP contribution in [0, 0.1) is 0 Å². The Bertz CT molecular complexity index is 1030. The summed E-state index contributed by atoms with van der Waals surface area (Å²) < 4.78 is 36.6. The first-order chi connectivity index (χ1) is 19.5. The third-order valence-corrected chi connectivity index (χ3v) is 9.47. The van der Waals surface area contributed by atoms with Gasteiger partial charge in [0.25, 0.3) is 0 Å². The summed E-state index contributed by atoms with van der Waals surface area (Å²) in [6.07, 6.45) is 29.9. The molecule has 41 heavy (non-hydrogen) atoms. The van der Waals surface area contributed by atoms with Crippen molar-refractivity contribution >= 4 is 20.9 Å². The molecule has 0 aliphatic heterocycles. The Balaban J connectivity index is 0.00000840. The quantitative estimate of drug-likeness (QED) is 0.0644. The predicted octanol–water partition coefficient (Wildman–Crippen LogP) is 8.45. The number of hydrogen-bond acceptors (Lipinski definition) is 3. The van der Waals surface area contributed by atoms with E-state index in [1.165, 1.54) is 128 Å². The van der Waals surface area contributed by atoms with Crippen LogP contribution in [0.5, 0.6) is 0 Å². The molecule has 5 heteroatoms.